The molecular formula is C42H23B2F4N3. The van der Waals surface area contributed by atoms with Crippen molar-refractivity contribution in [3.63, 3.8) is 0 Å². The maximum absolute atomic E-state index is 15.4. The highest BCUT2D eigenvalue weighted by Gasteiger charge is 2.51. The van der Waals surface area contributed by atoms with Gasteiger partial charge in [-0.3, -0.25) is 0 Å². The van der Waals surface area contributed by atoms with Gasteiger partial charge in [0.1, 0.15) is 23.3 Å². The molecule has 4 aliphatic rings. The Morgan fingerprint density at radius 2 is 0.667 bits per heavy atom. The van der Waals surface area contributed by atoms with E-state index in [0.29, 0.717) is 21.9 Å². The molecule has 0 fully saturated rings. The number of rotatable bonds is 2. The van der Waals surface area contributed by atoms with Gasteiger partial charge in [-0.25, -0.2) is 17.6 Å². The monoisotopic (exact) mass is 667 g/mol. The number of hydrogen-bond acceptors (Lipinski definition) is 3. The van der Waals surface area contributed by atoms with E-state index in [1.54, 1.807) is 36.4 Å². The number of fused-ring (bicyclic) bond motifs is 10. The van der Waals surface area contributed by atoms with Crippen LogP contribution in [0, 0.1) is 23.3 Å². The molecule has 0 saturated heterocycles. The Labute approximate surface area is 291 Å². The van der Waals surface area contributed by atoms with Gasteiger partial charge in [-0.2, -0.15) is 0 Å². The summed E-state index contributed by atoms with van der Waals surface area (Å²) in [6.45, 7) is -1.07. The number of hydrogen-bond donors (Lipinski definition) is 0. The number of para-hydroxylation sites is 2. The predicted molar refractivity (Wildman–Crippen MR) is 200 cm³/mol. The summed E-state index contributed by atoms with van der Waals surface area (Å²) in [7, 11) is 0. The molecular weight excluding hydrogens is 644 g/mol. The van der Waals surface area contributed by atoms with Crippen molar-refractivity contribution in [3.8, 4) is 0 Å². The van der Waals surface area contributed by atoms with Gasteiger partial charge in [0, 0.05) is 51.2 Å². The lowest BCUT2D eigenvalue weighted by Crippen LogP contribution is -2.68. The molecule has 0 N–H and O–H groups in total. The summed E-state index contributed by atoms with van der Waals surface area (Å²) in [4.78, 5) is 6.41. The Hall–Kier alpha value is -6.21. The van der Waals surface area contributed by atoms with Gasteiger partial charge in [-0.05, 0) is 136 Å². The fourth-order valence-corrected chi connectivity index (χ4v) is 8.99. The van der Waals surface area contributed by atoms with Crippen LogP contribution in [0.25, 0.3) is 0 Å². The molecule has 4 aliphatic heterocycles. The Morgan fingerprint density at radius 1 is 0.333 bits per heavy atom. The van der Waals surface area contributed by atoms with Crippen LogP contribution in [0.3, 0.4) is 0 Å². The second-order valence-corrected chi connectivity index (χ2v) is 13.4. The molecule has 0 bridgehead atoms. The molecule has 4 heterocycles. The second kappa shape index (κ2) is 10.2. The van der Waals surface area contributed by atoms with Gasteiger partial charge < -0.3 is 14.7 Å². The number of anilines is 9. The van der Waals surface area contributed by atoms with Crippen LogP contribution in [0.5, 0.6) is 0 Å². The minimum Gasteiger partial charge on any atom is -0.312 e. The van der Waals surface area contributed by atoms with Crippen molar-refractivity contribution in [2.75, 3.05) is 14.7 Å². The highest BCUT2D eigenvalue weighted by atomic mass is 19.1. The molecule has 51 heavy (non-hydrogen) atoms. The number of halogens is 4. The van der Waals surface area contributed by atoms with Gasteiger partial charge in [-0.15, -0.1) is 0 Å². The van der Waals surface area contributed by atoms with Crippen LogP contribution in [-0.4, -0.2) is 13.4 Å². The number of benzene rings is 7. The third-order valence-electron chi connectivity index (χ3n) is 10.8. The molecule has 7 aromatic rings. The molecule has 9 heteroatoms. The number of nitrogens with zero attached hydrogens (tertiary/aromatic N) is 3. The quantitative estimate of drug-likeness (QED) is 0.146. The van der Waals surface area contributed by atoms with E-state index in [1.165, 1.54) is 36.4 Å². The summed E-state index contributed by atoms with van der Waals surface area (Å²) in [5.74, 6) is -1.60. The third kappa shape index (κ3) is 3.80. The molecule has 11 rings (SSSR count). The lowest BCUT2D eigenvalue weighted by molar-refractivity contribution is 0.628. The van der Waals surface area contributed by atoms with Gasteiger partial charge >= 0.3 is 0 Å². The van der Waals surface area contributed by atoms with Crippen molar-refractivity contribution in [2.45, 2.75) is 0 Å². The topological polar surface area (TPSA) is 9.72 Å². The average Bonchev–Trinajstić information content (AvgIpc) is 3.14. The summed E-state index contributed by atoms with van der Waals surface area (Å²) < 4.78 is 61.6. The summed E-state index contributed by atoms with van der Waals surface area (Å²) >= 11 is 0. The van der Waals surface area contributed by atoms with Crippen molar-refractivity contribution in [1.29, 1.82) is 0 Å². The standard InChI is InChI=1S/C42H23B2F4N3/c45-24-11-15-34-30(19-24)43-32-21-26(47)13-17-36(32)51-37-18-14-27(48)22-33(37)44-31-20-25(46)12-16-35(31)50(29-9-5-2-6-10-29)39-23-38(40(43)42(51)41(39)44)49(34)28-7-3-1-4-8-28/h1-23H. The lowest BCUT2D eigenvalue weighted by Gasteiger charge is -2.51. The Bertz CT molecular complexity index is 2460. The van der Waals surface area contributed by atoms with Crippen molar-refractivity contribution in [3.05, 3.63) is 163 Å². The molecule has 0 aromatic heterocycles. The first-order valence-corrected chi connectivity index (χ1v) is 16.9. The Morgan fingerprint density at radius 3 is 1.02 bits per heavy atom. The van der Waals surface area contributed by atoms with E-state index in [9.17, 15) is 0 Å². The normalized spacial score (nSPS) is 14.1. The first-order chi connectivity index (χ1) is 25.0. The summed E-state index contributed by atoms with van der Waals surface area (Å²) in [6.07, 6.45) is 0. The maximum Gasteiger partial charge on any atom is 0.252 e. The molecule has 0 saturated carbocycles. The van der Waals surface area contributed by atoms with Crippen molar-refractivity contribution in [1.82, 2.24) is 0 Å². The molecule has 0 unspecified atom stereocenters. The predicted octanol–water partition coefficient (Wildman–Crippen LogP) is 6.94. The van der Waals surface area contributed by atoms with Crippen LogP contribution >= 0.6 is 0 Å². The van der Waals surface area contributed by atoms with Gasteiger partial charge in [0.05, 0.1) is 0 Å². The van der Waals surface area contributed by atoms with E-state index in [0.717, 1.165) is 62.1 Å². The van der Waals surface area contributed by atoms with E-state index < -0.39 is 36.7 Å². The summed E-state index contributed by atoms with van der Waals surface area (Å²) in [5.41, 5.74) is 11.9. The molecule has 0 atom stereocenters. The lowest BCUT2D eigenvalue weighted by atomic mass is 9.28. The molecule has 240 valence electrons. The fraction of sp³-hybridized carbons (Fsp3) is 0. The first-order valence-electron chi connectivity index (χ1n) is 16.9. The van der Waals surface area contributed by atoms with Crippen LogP contribution in [0.4, 0.5) is 68.7 Å². The first kappa shape index (κ1) is 28.6. The van der Waals surface area contributed by atoms with Gasteiger partial charge in [0.25, 0.3) is 13.4 Å². The van der Waals surface area contributed by atoms with Crippen molar-refractivity contribution in [2.24, 2.45) is 0 Å². The molecule has 3 nitrogen and oxygen atoms in total. The van der Waals surface area contributed by atoms with Crippen LogP contribution in [0.15, 0.2) is 140 Å². The highest BCUT2D eigenvalue weighted by molar-refractivity contribution is 7.04. The summed E-state index contributed by atoms with van der Waals surface area (Å²) in [6, 6.07) is 41.1. The average molecular weight is 667 g/mol. The minimum atomic E-state index is -0.533. The molecule has 0 amide bonds. The van der Waals surface area contributed by atoms with Gasteiger partial charge in [0.15, 0.2) is 0 Å². The Kier molecular flexibility index (Phi) is 5.71. The van der Waals surface area contributed by atoms with Crippen molar-refractivity contribution < 1.29 is 17.6 Å². The van der Waals surface area contributed by atoms with E-state index >= 15 is 17.6 Å². The molecule has 0 radical (unpaired) electrons. The van der Waals surface area contributed by atoms with E-state index in [1.807, 2.05) is 60.7 Å². The zero-order valence-corrected chi connectivity index (χ0v) is 26.8. The summed E-state index contributed by atoms with van der Waals surface area (Å²) in [5, 5.41) is 0. The maximum atomic E-state index is 15.4. The molecule has 7 aromatic carbocycles. The molecule has 0 spiro atoms. The highest BCUT2D eigenvalue weighted by Crippen LogP contribution is 2.49. The van der Waals surface area contributed by atoms with Gasteiger partial charge in [0.2, 0.25) is 0 Å². The van der Waals surface area contributed by atoms with Crippen LogP contribution in [-0.2, 0) is 0 Å². The van der Waals surface area contributed by atoms with Gasteiger partial charge in [-0.1, -0.05) is 36.4 Å². The van der Waals surface area contributed by atoms with Crippen molar-refractivity contribution >= 4 is 97.4 Å². The fourth-order valence-electron chi connectivity index (χ4n) is 8.99. The minimum absolute atomic E-state index is 0.393. The molecule has 0 aliphatic carbocycles. The van der Waals surface area contributed by atoms with Crippen LogP contribution in [0.2, 0.25) is 0 Å². The van der Waals surface area contributed by atoms with E-state index in [2.05, 4.69) is 20.8 Å². The van der Waals surface area contributed by atoms with Crippen LogP contribution < -0.4 is 47.5 Å². The third-order valence-corrected chi connectivity index (χ3v) is 10.8. The largest absolute Gasteiger partial charge is 0.312 e. The van der Waals surface area contributed by atoms with Crippen LogP contribution in [0.1, 0.15) is 0 Å². The Balaban J connectivity index is 1.36. The smallest absolute Gasteiger partial charge is 0.252 e. The zero-order chi connectivity index (χ0) is 34.1. The van der Waals surface area contributed by atoms with E-state index in [4.69, 9.17) is 0 Å². The second-order valence-electron chi connectivity index (χ2n) is 13.4. The van der Waals surface area contributed by atoms with E-state index in [-0.39, 0.29) is 0 Å². The zero-order valence-electron chi connectivity index (χ0n) is 26.8. The SMILES string of the molecule is Fc1ccc2c(c1)B1c3cc(F)ccc3N3c4ccc(F)cc4B4c5cc(F)ccc5N(c5ccccc5)c5cc(c1c3c54)N2c1ccccc1.